The third-order valence-electron chi connectivity index (χ3n) is 3.91. The van der Waals surface area contributed by atoms with Gasteiger partial charge < -0.3 is 18.6 Å². The maximum atomic E-state index is 12.0. The van der Waals surface area contributed by atoms with E-state index in [0.29, 0.717) is 23.8 Å². The minimum Gasteiger partial charge on any atom is -0.493 e. The number of methoxy groups -OCH3 is 2. The smallest absolute Gasteiger partial charge is 0.306 e. The number of ether oxygens (including phenoxy) is 3. The van der Waals surface area contributed by atoms with Gasteiger partial charge >= 0.3 is 5.97 Å². The highest BCUT2D eigenvalue weighted by Gasteiger charge is 2.12. The molecule has 0 bridgehead atoms. The Labute approximate surface area is 156 Å². The van der Waals surface area contributed by atoms with E-state index in [9.17, 15) is 4.79 Å². The normalized spacial score (nSPS) is 10.4. The first-order valence-electron chi connectivity index (χ1n) is 8.44. The highest BCUT2D eigenvalue weighted by Crippen LogP contribution is 2.28. The summed E-state index contributed by atoms with van der Waals surface area (Å²) in [4.78, 5) is 12.0. The largest absolute Gasteiger partial charge is 0.493 e. The van der Waals surface area contributed by atoms with Gasteiger partial charge in [0.25, 0.3) is 5.89 Å². The molecule has 7 nitrogen and oxygen atoms in total. The molecule has 1 heterocycles. The topological polar surface area (TPSA) is 83.7 Å². The summed E-state index contributed by atoms with van der Waals surface area (Å²) < 4.78 is 21.2. The first-order valence-corrected chi connectivity index (χ1v) is 8.44. The van der Waals surface area contributed by atoms with Gasteiger partial charge in [0.05, 0.1) is 14.2 Å². The van der Waals surface area contributed by atoms with E-state index < -0.39 is 0 Å². The Morgan fingerprint density at radius 1 is 1.00 bits per heavy atom. The number of hydrogen-bond acceptors (Lipinski definition) is 7. The Bertz CT molecular complexity index is 892. The molecule has 0 saturated heterocycles. The fraction of sp³-hybridized carbons (Fsp3) is 0.250. The average molecular weight is 368 g/mol. The quantitative estimate of drug-likeness (QED) is 0.563. The molecular formula is C20H20N2O5. The van der Waals surface area contributed by atoms with Crippen molar-refractivity contribution in [3.8, 4) is 23.0 Å². The van der Waals surface area contributed by atoms with E-state index >= 15 is 0 Å². The predicted molar refractivity (Wildman–Crippen MR) is 97.4 cm³/mol. The predicted octanol–water partition coefficient (Wildman–Crippen LogP) is 3.43. The minimum atomic E-state index is -0.343. The van der Waals surface area contributed by atoms with Crippen LogP contribution < -0.4 is 9.47 Å². The molecule has 7 heteroatoms. The summed E-state index contributed by atoms with van der Waals surface area (Å²) in [6.45, 7) is -0.0510. The standard InChI is InChI=1S/C20H20N2O5/c1-24-16-10-8-14(12-17(16)25-2)9-11-19(23)26-13-18-21-22-20(27-18)15-6-4-3-5-7-15/h3-8,10,12H,9,11,13H2,1-2H3. The highest BCUT2D eigenvalue weighted by molar-refractivity contribution is 5.69. The molecule has 27 heavy (non-hydrogen) atoms. The third kappa shape index (κ3) is 4.84. The van der Waals surface area contributed by atoms with Crippen LogP contribution in [-0.2, 0) is 22.6 Å². The van der Waals surface area contributed by atoms with Gasteiger partial charge in [0.2, 0.25) is 5.89 Å². The van der Waals surface area contributed by atoms with Crippen LogP contribution in [0.3, 0.4) is 0 Å². The number of hydrogen-bond donors (Lipinski definition) is 0. The van der Waals surface area contributed by atoms with Crippen molar-refractivity contribution in [2.45, 2.75) is 19.4 Å². The zero-order valence-electron chi connectivity index (χ0n) is 15.2. The summed E-state index contributed by atoms with van der Waals surface area (Å²) in [5, 5.41) is 7.86. The molecule has 0 N–H and O–H groups in total. The second-order valence-electron chi connectivity index (χ2n) is 5.72. The highest BCUT2D eigenvalue weighted by atomic mass is 16.5. The van der Waals surface area contributed by atoms with E-state index in [1.165, 1.54) is 0 Å². The van der Waals surface area contributed by atoms with E-state index in [1.807, 2.05) is 48.5 Å². The lowest BCUT2D eigenvalue weighted by Crippen LogP contribution is -2.06. The van der Waals surface area contributed by atoms with Gasteiger partial charge in [0.15, 0.2) is 18.1 Å². The van der Waals surface area contributed by atoms with E-state index in [1.54, 1.807) is 14.2 Å². The molecular weight excluding hydrogens is 348 g/mol. The number of carbonyl (C=O) groups excluding carboxylic acids is 1. The van der Waals surface area contributed by atoms with Crippen LogP contribution in [0.1, 0.15) is 17.9 Å². The van der Waals surface area contributed by atoms with Crippen LogP contribution in [-0.4, -0.2) is 30.4 Å². The minimum absolute atomic E-state index is 0.0510. The molecule has 0 radical (unpaired) electrons. The molecule has 0 fully saturated rings. The lowest BCUT2D eigenvalue weighted by molar-refractivity contribution is -0.145. The third-order valence-corrected chi connectivity index (χ3v) is 3.91. The van der Waals surface area contributed by atoms with Gasteiger partial charge in [-0.05, 0) is 36.2 Å². The van der Waals surface area contributed by atoms with Gasteiger partial charge in [0.1, 0.15) is 0 Å². The maximum Gasteiger partial charge on any atom is 0.306 e. The lowest BCUT2D eigenvalue weighted by Gasteiger charge is -2.09. The summed E-state index contributed by atoms with van der Waals surface area (Å²) in [6.07, 6.45) is 0.757. The van der Waals surface area contributed by atoms with Gasteiger partial charge in [-0.1, -0.05) is 24.3 Å². The molecule has 0 aliphatic rings. The Morgan fingerprint density at radius 3 is 2.52 bits per heavy atom. The molecule has 0 atom stereocenters. The van der Waals surface area contributed by atoms with Crippen LogP contribution in [0.5, 0.6) is 11.5 Å². The van der Waals surface area contributed by atoms with Crippen LogP contribution >= 0.6 is 0 Å². The van der Waals surface area contributed by atoms with Crippen molar-refractivity contribution in [1.82, 2.24) is 10.2 Å². The fourth-order valence-electron chi connectivity index (χ4n) is 2.51. The van der Waals surface area contributed by atoms with Crippen molar-refractivity contribution < 1.29 is 23.4 Å². The van der Waals surface area contributed by atoms with Gasteiger partial charge in [-0.3, -0.25) is 4.79 Å². The van der Waals surface area contributed by atoms with Crippen molar-refractivity contribution >= 4 is 5.97 Å². The molecule has 3 aromatic rings. The Kier molecular flexibility index (Phi) is 6.04. The van der Waals surface area contributed by atoms with Gasteiger partial charge in [-0.15, -0.1) is 10.2 Å². The molecule has 0 aliphatic carbocycles. The summed E-state index contributed by atoms with van der Waals surface area (Å²) in [6, 6.07) is 14.9. The molecule has 0 spiro atoms. The molecule has 1 aromatic heterocycles. The first-order chi connectivity index (χ1) is 13.2. The summed E-state index contributed by atoms with van der Waals surface area (Å²) in [5.74, 6) is 1.58. The van der Waals surface area contributed by atoms with E-state index in [0.717, 1.165) is 11.1 Å². The van der Waals surface area contributed by atoms with E-state index in [2.05, 4.69) is 10.2 Å². The average Bonchev–Trinajstić information content (AvgIpc) is 3.20. The molecule has 0 saturated carbocycles. The number of nitrogens with zero attached hydrogens (tertiary/aromatic N) is 2. The van der Waals surface area contributed by atoms with Crippen LogP contribution in [0.4, 0.5) is 0 Å². The second kappa shape index (κ2) is 8.84. The number of aryl methyl sites for hydroxylation is 1. The molecule has 140 valence electrons. The van der Waals surface area contributed by atoms with E-state index in [4.69, 9.17) is 18.6 Å². The van der Waals surface area contributed by atoms with Crippen LogP contribution in [0.2, 0.25) is 0 Å². The van der Waals surface area contributed by atoms with Gasteiger partial charge in [-0.2, -0.15) is 0 Å². The fourth-order valence-corrected chi connectivity index (χ4v) is 2.51. The molecule has 2 aromatic carbocycles. The van der Waals surface area contributed by atoms with Gasteiger partial charge in [0, 0.05) is 12.0 Å². The number of aromatic nitrogens is 2. The lowest BCUT2D eigenvalue weighted by atomic mass is 10.1. The van der Waals surface area contributed by atoms with E-state index in [-0.39, 0.29) is 24.9 Å². The monoisotopic (exact) mass is 368 g/mol. The number of esters is 1. The van der Waals surface area contributed by atoms with Crippen molar-refractivity contribution in [1.29, 1.82) is 0 Å². The van der Waals surface area contributed by atoms with Crippen molar-refractivity contribution in [2.75, 3.05) is 14.2 Å². The molecule has 0 unspecified atom stereocenters. The molecule has 3 rings (SSSR count). The maximum absolute atomic E-state index is 12.0. The Hall–Kier alpha value is -3.35. The number of carbonyl (C=O) groups is 1. The zero-order valence-corrected chi connectivity index (χ0v) is 15.2. The Morgan fingerprint density at radius 2 is 1.78 bits per heavy atom. The summed E-state index contributed by atoms with van der Waals surface area (Å²) in [7, 11) is 3.15. The zero-order chi connectivity index (χ0) is 19.1. The summed E-state index contributed by atoms with van der Waals surface area (Å²) in [5.41, 5.74) is 1.77. The molecule has 0 aliphatic heterocycles. The summed E-state index contributed by atoms with van der Waals surface area (Å²) >= 11 is 0. The van der Waals surface area contributed by atoms with Gasteiger partial charge in [-0.25, -0.2) is 0 Å². The van der Waals surface area contributed by atoms with Crippen molar-refractivity contribution in [2.24, 2.45) is 0 Å². The SMILES string of the molecule is COc1ccc(CCC(=O)OCc2nnc(-c3ccccc3)o2)cc1OC. The number of benzene rings is 2. The van der Waals surface area contributed by atoms with Crippen LogP contribution in [0.15, 0.2) is 52.9 Å². The van der Waals surface area contributed by atoms with Crippen molar-refractivity contribution in [3.05, 3.63) is 60.0 Å². The molecule has 0 amide bonds. The van der Waals surface area contributed by atoms with Crippen LogP contribution in [0.25, 0.3) is 11.5 Å². The van der Waals surface area contributed by atoms with Crippen molar-refractivity contribution in [3.63, 3.8) is 0 Å². The second-order valence-corrected chi connectivity index (χ2v) is 5.72. The first kappa shape index (κ1) is 18.4. The van der Waals surface area contributed by atoms with Crippen LogP contribution in [0, 0.1) is 0 Å². The number of rotatable bonds is 8. The Balaban J connectivity index is 1.50.